The predicted molar refractivity (Wildman–Crippen MR) is 80.3 cm³/mol. The molecule has 0 bridgehead atoms. The first-order valence-corrected chi connectivity index (χ1v) is 7.10. The van der Waals surface area contributed by atoms with E-state index in [1.807, 2.05) is 19.1 Å². The molecule has 0 amide bonds. The molecule has 2 aromatic heterocycles. The summed E-state index contributed by atoms with van der Waals surface area (Å²) in [6.45, 7) is 5.78. The number of aromatic nitrogens is 4. The van der Waals surface area contributed by atoms with Gasteiger partial charge >= 0.3 is 0 Å². The maximum Gasteiger partial charge on any atom is 0.230 e. The van der Waals surface area contributed by atoms with Crippen LogP contribution in [0.25, 0.3) is 11.4 Å². The monoisotopic (exact) mass is 286 g/mol. The number of hydrogen-bond acceptors (Lipinski definition) is 7. The number of rotatable bonds is 4. The van der Waals surface area contributed by atoms with Gasteiger partial charge in [-0.25, -0.2) is 0 Å². The van der Waals surface area contributed by atoms with Gasteiger partial charge < -0.3 is 15.0 Å². The van der Waals surface area contributed by atoms with E-state index in [2.05, 4.69) is 30.2 Å². The quantitative estimate of drug-likeness (QED) is 0.905. The second-order valence-corrected chi connectivity index (χ2v) is 4.65. The normalized spacial score (nSPS) is 15.0. The van der Waals surface area contributed by atoms with Crippen LogP contribution in [0.4, 0.5) is 11.9 Å². The van der Waals surface area contributed by atoms with E-state index in [9.17, 15) is 0 Å². The van der Waals surface area contributed by atoms with Crippen LogP contribution in [0.15, 0.2) is 24.5 Å². The third kappa shape index (κ3) is 3.25. The van der Waals surface area contributed by atoms with Crippen molar-refractivity contribution in [3.8, 4) is 11.4 Å². The van der Waals surface area contributed by atoms with Gasteiger partial charge in [0.05, 0.1) is 13.2 Å². The van der Waals surface area contributed by atoms with E-state index in [1.165, 1.54) is 0 Å². The summed E-state index contributed by atoms with van der Waals surface area (Å²) >= 11 is 0. The summed E-state index contributed by atoms with van der Waals surface area (Å²) in [5.74, 6) is 1.95. The van der Waals surface area contributed by atoms with Gasteiger partial charge in [-0.2, -0.15) is 15.0 Å². The zero-order valence-electron chi connectivity index (χ0n) is 12.0. The minimum Gasteiger partial charge on any atom is -0.378 e. The molecule has 0 aliphatic carbocycles. The molecule has 21 heavy (non-hydrogen) atoms. The van der Waals surface area contributed by atoms with Gasteiger partial charge in [0.2, 0.25) is 11.9 Å². The molecule has 0 saturated carbocycles. The van der Waals surface area contributed by atoms with Gasteiger partial charge in [0.15, 0.2) is 5.82 Å². The van der Waals surface area contributed by atoms with Gasteiger partial charge in [0.25, 0.3) is 0 Å². The molecule has 1 saturated heterocycles. The fourth-order valence-electron chi connectivity index (χ4n) is 2.14. The van der Waals surface area contributed by atoms with Crippen molar-refractivity contribution in [1.82, 2.24) is 19.9 Å². The van der Waals surface area contributed by atoms with E-state index in [0.29, 0.717) is 30.9 Å². The van der Waals surface area contributed by atoms with Crippen molar-refractivity contribution in [2.45, 2.75) is 6.92 Å². The third-order valence-electron chi connectivity index (χ3n) is 3.19. The summed E-state index contributed by atoms with van der Waals surface area (Å²) in [5, 5.41) is 3.16. The zero-order valence-corrected chi connectivity index (χ0v) is 12.0. The molecule has 3 rings (SSSR count). The lowest BCUT2D eigenvalue weighted by molar-refractivity contribution is 0.122. The Morgan fingerprint density at radius 1 is 1.14 bits per heavy atom. The third-order valence-corrected chi connectivity index (χ3v) is 3.19. The number of morpholine rings is 1. The molecule has 7 heteroatoms. The topological polar surface area (TPSA) is 76.1 Å². The molecule has 0 radical (unpaired) electrons. The smallest absolute Gasteiger partial charge is 0.230 e. The summed E-state index contributed by atoms with van der Waals surface area (Å²) in [7, 11) is 0. The number of hydrogen-bond donors (Lipinski definition) is 1. The highest BCUT2D eigenvalue weighted by molar-refractivity contribution is 5.57. The molecule has 2 aromatic rings. The van der Waals surface area contributed by atoms with Gasteiger partial charge in [0, 0.05) is 37.6 Å². The van der Waals surface area contributed by atoms with E-state index in [4.69, 9.17) is 4.74 Å². The summed E-state index contributed by atoms with van der Waals surface area (Å²) < 4.78 is 5.38. The van der Waals surface area contributed by atoms with Crippen molar-refractivity contribution >= 4 is 11.9 Å². The molecular weight excluding hydrogens is 268 g/mol. The summed E-state index contributed by atoms with van der Waals surface area (Å²) in [6, 6.07) is 3.79. The van der Waals surface area contributed by atoms with Gasteiger partial charge in [0.1, 0.15) is 0 Å². The van der Waals surface area contributed by atoms with E-state index in [-0.39, 0.29) is 0 Å². The number of ether oxygens (including phenoxy) is 1. The zero-order chi connectivity index (χ0) is 14.5. The Hall–Kier alpha value is -2.28. The van der Waals surface area contributed by atoms with E-state index >= 15 is 0 Å². The molecule has 1 N–H and O–H groups in total. The Kier molecular flexibility index (Phi) is 4.20. The van der Waals surface area contributed by atoms with Crippen molar-refractivity contribution in [3.63, 3.8) is 0 Å². The summed E-state index contributed by atoms with van der Waals surface area (Å²) in [4.78, 5) is 19.7. The Morgan fingerprint density at radius 3 is 2.62 bits per heavy atom. The average Bonchev–Trinajstić information content (AvgIpc) is 2.56. The minimum absolute atomic E-state index is 0.598. The average molecular weight is 286 g/mol. The largest absolute Gasteiger partial charge is 0.378 e. The number of nitrogens with zero attached hydrogens (tertiary/aromatic N) is 5. The van der Waals surface area contributed by atoms with Crippen molar-refractivity contribution in [1.29, 1.82) is 0 Å². The SMILES string of the molecule is CCNc1nc(-c2ccncc2)nc(N2CCOCC2)n1. The number of nitrogens with one attached hydrogen (secondary N) is 1. The molecule has 0 unspecified atom stereocenters. The van der Waals surface area contributed by atoms with Crippen LogP contribution in [0, 0.1) is 0 Å². The first-order chi connectivity index (χ1) is 10.4. The molecule has 3 heterocycles. The molecule has 110 valence electrons. The van der Waals surface area contributed by atoms with E-state index < -0.39 is 0 Å². The lowest BCUT2D eigenvalue weighted by Crippen LogP contribution is -2.37. The van der Waals surface area contributed by atoms with Crippen LogP contribution >= 0.6 is 0 Å². The van der Waals surface area contributed by atoms with Crippen LogP contribution in [-0.4, -0.2) is 52.8 Å². The predicted octanol–water partition coefficient (Wildman–Crippen LogP) is 1.20. The maximum absolute atomic E-state index is 5.38. The standard InChI is InChI=1S/C14H18N6O/c1-2-16-13-17-12(11-3-5-15-6-4-11)18-14(19-13)20-7-9-21-10-8-20/h3-6H,2,7-10H2,1H3,(H,16,17,18,19). The number of anilines is 2. The van der Waals surface area contributed by atoms with Gasteiger partial charge in [-0.3, -0.25) is 4.98 Å². The summed E-state index contributed by atoms with van der Waals surface area (Å²) in [6.07, 6.45) is 3.47. The highest BCUT2D eigenvalue weighted by atomic mass is 16.5. The van der Waals surface area contributed by atoms with Crippen LogP contribution in [0.1, 0.15) is 6.92 Å². The second kappa shape index (κ2) is 6.45. The second-order valence-electron chi connectivity index (χ2n) is 4.65. The molecule has 1 aliphatic heterocycles. The van der Waals surface area contributed by atoms with Crippen molar-refractivity contribution in [3.05, 3.63) is 24.5 Å². The van der Waals surface area contributed by atoms with Crippen LogP contribution in [0.3, 0.4) is 0 Å². The van der Waals surface area contributed by atoms with Crippen LogP contribution in [0.2, 0.25) is 0 Å². The van der Waals surface area contributed by atoms with Gasteiger partial charge in [-0.05, 0) is 19.1 Å². The first kappa shape index (κ1) is 13.7. The summed E-state index contributed by atoms with van der Waals surface area (Å²) in [5.41, 5.74) is 0.932. The highest BCUT2D eigenvalue weighted by Gasteiger charge is 2.16. The molecule has 0 spiro atoms. The Labute approximate surface area is 123 Å². The van der Waals surface area contributed by atoms with Crippen LogP contribution in [0.5, 0.6) is 0 Å². The van der Waals surface area contributed by atoms with Gasteiger partial charge in [-0.15, -0.1) is 0 Å². The van der Waals surface area contributed by atoms with Crippen molar-refractivity contribution < 1.29 is 4.74 Å². The first-order valence-electron chi connectivity index (χ1n) is 7.10. The molecule has 0 atom stereocenters. The maximum atomic E-state index is 5.38. The molecule has 0 aromatic carbocycles. The lowest BCUT2D eigenvalue weighted by atomic mass is 10.2. The molecule has 1 aliphatic rings. The van der Waals surface area contributed by atoms with E-state index in [1.54, 1.807) is 12.4 Å². The van der Waals surface area contributed by atoms with Crippen LogP contribution in [-0.2, 0) is 4.74 Å². The van der Waals surface area contributed by atoms with E-state index in [0.717, 1.165) is 25.2 Å². The Bertz CT molecular complexity index is 585. The van der Waals surface area contributed by atoms with Crippen molar-refractivity contribution in [2.24, 2.45) is 0 Å². The highest BCUT2D eigenvalue weighted by Crippen LogP contribution is 2.19. The Balaban J connectivity index is 1.97. The van der Waals surface area contributed by atoms with Crippen LogP contribution < -0.4 is 10.2 Å². The molecular formula is C14H18N6O. The minimum atomic E-state index is 0.598. The molecule has 1 fully saturated rings. The van der Waals surface area contributed by atoms with Gasteiger partial charge in [-0.1, -0.05) is 0 Å². The van der Waals surface area contributed by atoms with Crippen molar-refractivity contribution in [2.75, 3.05) is 43.1 Å². The fraction of sp³-hybridized carbons (Fsp3) is 0.429. The fourth-order valence-corrected chi connectivity index (χ4v) is 2.14. The molecule has 7 nitrogen and oxygen atoms in total. The Morgan fingerprint density at radius 2 is 1.90 bits per heavy atom. The lowest BCUT2D eigenvalue weighted by Gasteiger charge is -2.27. The number of pyridine rings is 1.